The summed E-state index contributed by atoms with van der Waals surface area (Å²) in [5.74, 6) is -2.00. The number of nitrogen functional groups attached to an aromatic ring is 1. The van der Waals surface area contributed by atoms with E-state index in [1.54, 1.807) is 6.92 Å². The second kappa shape index (κ2) is 5.13. The van der Waals surface area contributed by atoms with Crippen molar-refractivity contribution in [2.45, 2.75) is 6.92 Å². The van der Waals surface area contributed by atoms with Gasteiger partial charge >= 0.3 is 0 Å². The third kappa shape index (κ3) is 2.84. The summed E-state index contributed by atoms with van der Waals surface area (Å²) in [6.07, 6.45) is 0. The van der Waals surface area contributed by atoms with Crippen LogP contribution >= 0.6 is 15.9 Å². The van der Waals surface area contributed by atoms with E-state index < -0.39 is 17.5 Å². The SMILES string of the molecule is Cc1cc(F)c(Br)cc1Nc1cc(F)cc(F)c1N. The molecule has 2 rings (SSSR count). The Labute approximate surface area is 116 Å². The number of nitrogens with one attached hydrogen (secondary N) is 1. The van der Waals surface area contributed by atoms with E-state index in [1.165, 1.54) is 12.1 Å². The largest absolute Gasteiger partial charge is 0.395 e. The Morgan fingerprint density at radius 1 is 1.00 bits per heavy atom. The smallest absolute Gasteiger partial charge is 0.151 e. The maximum Gasteiger partial charge on any atom is 0.151 e. The van der Waals surface area contributed by atoms with Crippen LogP contribution in [0.2, 0.25) is 0 Å². The first-order valence-electron chi connectivity index (χ1n) is 5.35. The molecule has 19 heavy (non-hydrogen) atoms. The van der Waals surface area contributed by atoms with Gasteiger partial charge in [0.05, 0.1) is 15.8 Å². The number of anilines is 3. The number of benzene rings is 2. The number of rotatable bonds is 2. The summed E-state index contributed by atoms with van der Waals surface area (Å²) >= 11 is 3.05. The Morgan fingerprint density at radius 3 is 2.37 bits per heavy atom. The van der Waals surface area contributed by atoms with Crippen LogP contribution in [-0.2, 0) is 0 Å². The Balaban J connectivity index is 2.44. The molecule has 0 aliphatic rings. The van der Waals surface area contributed by atoms with Gasteiger partial charge in [-0.05, 0) is 46.6 Å². The number of halogens is 4. The Bertz CT molecular complexity index is 644. The lowest BCUT2D eigenvalue weighted by Gasteiger charge is -2.13. The second-order valence-corrected chi connectivity index (χ2v) is 4.91. The van der Waals surface area contributed by atoms with E-state index in [0.717, 1.165) is 6.07 Å². The van der Waals surface area contributed by atoms with Crippen LogP contribution in [0.4, 0.5) is 30.2 Å². The van der Waals surface area contributed by atoms with Crippen molar-refractivity contribution in [2.75, 3.05) is 11.1 Å². The first-order valence-corrected chi connectivity index (χ1v) is 6.15. The fourth-order valence-electron chi connectivity index (χ4n) is 1.61. The summed E-state index contributed by atoms with van der Waals surface area (Å²) in [4.78, 5) is 0. The van der Waals surface area contributed by atoms with Crippen molar-refractivity contribution in [3.8, 4) is 0 Å². The lowest BCUT2D eigenvalue weighted by Crippen LogP contribution is -2.01. The minimum absolute atomic E-state index is 0.0964. The van der Waals surface area contributed by atoms with Gasteiger partial charge in [0.2, 0.25) is 0 Å². The van der Waals surface area contributed by atoms with E-state index in [-0.39, 0.29) is 15.8 Å². The highest BCUT2D eigenvalue weighted by atomic mass is 79.9. The lowest BCUT2D eigenvalue weighted by molar-refractivity contribution is 0.587. The molecule has 0 aliphatic carbocycles. The van der Waals surface area contributed by atoms with Gasteiger partial charge in [-0.15, -0.1) is 0 Å². The quantitative estimate of drug-likeness (QED) is 0.795. The molecule has 0 amide bonds. The first kappa shape index (κ1) is 13.7. The average molecular weight is 331 g/mol. The molecular weight excluding hydrogens is 321 g/mol. The van der Waals surface area contributed by atoms with Crippen molar-refractivity contribution in [1.82, 2.24) is 0 Å². The predicted molar refractivity (Wildman–Crippen MR) is 72.9 cm³/mol. The van der Waals surface area contributed by atoms with Crippen molar-refractivity contribution in [3.05, 3.63) is 51.8 Å². The molecule has 0 aromatic heterocycles. The number of aryl methyl sites for hydroxylation is 1. The molecule has 0 radical (unpaired) electrons. The van der Waals surface area contributed by atoms with Crippen LogP contribution in [0.1, 0.15) is 5.56 Å². The molecule has 2 nitrogen and oxygen atoms in total. The highest BCUT2D eigenvalue weighted by Crippen LogP contribution is 2.31. The molecule has 0 fully saturated rings. The first-order chi connectivity index (χ1) is 8.88. The molecule has 2 aromatic carbocycles. The van der Waals surface area contributed by atoms with E-state index in [4.69, 9.17) is 5.73 Å². The van der Waals surface area contributed by atoms with Gasteiger partial charge < -0.3 is 11.1 Å². The van der Waals surface area contributed by atoms with E-state index in [9.17, 15) is 13.2 Å². The van der Waals surface area contributed by atoms with Crippen LogP contribution in [0.15, 0.2) is 28.7 Å². The zero-order chi connectivity index (χ0) is 14.2. The number of hydrogen-bond donors (Lipinski definition) is 2. The molecule has 2 aromatic rings. The Kier molecular flexibility index (Phi) is 3.71. The van der Waals surface area contributed by atoms with Gasteiger partial charge in [0.1, 0.15) is 11.6 Å². The van der Waals surface area contributed by atoms with Crippen LogP contribution in [0, 0.1) is 24.4 Å². The maximum absolute atomic E-state index is 13.3. The Hall–Kier alpha value is -1.69. The zero-order valence-corrected chi connectivity index (χ0v) is 11.5. The molecule has 0 saturated carbocycles. The van der Waals surface area contributed by atoms with Gasteiger partial charge in [0.15, 0.2) is 5.82 Å². The van der Waals surface area contributed by atoms with Gasteiger partial charge in [0, 0.05) is 11.8 Å². The number of nitrogens with two attached hydrogens (primary N) is 1. The minimum Gasteiger partial charge on any atom is -0.395 e. The summed E-state index contributed by atoms with van der Waals surface area (Å²) in [5, 5.41) is 2.79. The van der Waals surface area contributed by atoms with Crippen LogP contribution < -0.4 is 11.1 Å². The average Bonchev–Trinajstić information content (AvgIpc) is 2.32. The standard InChI is InChI=1S/C13H10BrF3N2/c1-6-2-9(16)8(14)5-11(6)19-12-4-7(15)3-10(17)13(12)18/h2-5,19H,18H2,1H3. The van der Waals surface area contributed by atoms with Crippen LogP contribution in [0.25, 0.3) is 0 Å². The minimum atomic E-state index is -0.846. The summed E-state index contributed by atoms with van der Waals surface area (Å²) in [6.45, 7) is 1.67. The molecule has 0 unspecified atom stereocenters. The highest BCUT2D eigenvalue weighted by Gasteiger charge is 2.11. The van der Waals surface area contributed by atoms with Crippen molar-refractivity contribution < 1.29 is 13.2 Å². The monoisotopic (exact) mass is 330 g/mol. The van der Waals surface area contributed by atoms with Crippen molar-refractivity contribution in [1.29, 1.82) is 0 Å². The fourth-order valence-corrected chi connectivity index (χ4v) is 1.96. The molecular formula is C13H10BrF3N2. The van der Waals surface area contributed by atoms with Gasteiger partial charge in [-0.3, -0.25) is 0 Å². The third-order valence-corrected chi connectivity index (χ3v) is 3.24. The van der Waals surface area contributed by atoms with Crippen molar-refractivity contribution >= 4 is 33.0 Å². The van der Waals surface area contributed by atoms with E-state index >= 15 is 0 Å². The van der Waals surface area contributed by atoms with Gasteiger partial charge in [-0.1, -0.05) is 0 Å². The summed E-state index contributed by atoms with van der Waals surface area (Å²) in [6, 6.07) is 4.56. The normalized spacial score (nSPS) is 10.6. The topological polar surface area (TPSA) is 38.0 Å². The van der Waals surface area contributed by atoms with Crippen LogP contribution in [0.5, 0.6) is 0 Å². The van der Waals surface area contributed by atoms with Crippen LogP contribution in [-0.4, -0.2) is 0 Å². The summed E-state index contributed by atoms with van der Waals surface area (Å²) in [7, 11) is 0. The zero-order valence-electron chi connectivity index (χ0n) is 9.90. The molecule has 0 spiro atoms. The van der Waals surface area contributed by atoms with E-state index in [0.29, 0.717) is 17.3 Å². The molecule has 0 saturated heterocycles. The number of hydrogen-bond acceptors (Lipinski definition) is 2. The molecule has 0 aliphatic heterocycles. The van der Waals surface area contributed by atoms with Crippen molar-refractivity contribution in [3.63, 3.8) is 0 Å². The van der Waals surface area contributed by atoms with Gasteiger partial charge in [-0.2, -0.15) is 0 Å². The highest BCUT2D eigenvalue weighted by molar-refractivity contribution is 9.10. The summed E-state index contributed by atoms with van der Waals surface area (Å²) < 4.78 is 40.0. The Morgan fingerprint density at radius 2 is 1.68 bits per heavy atom. The third-order valence-electron chi connectivity index (χ3n) is 2.63. The molecule has 3 N–H and O–H groups in total. The van der Waals surface area contributed by atoms with Gasteiger partial charge in [-0.25, -0.2) is 13.2 Å². The maximum atomic E-state index is 13.3. The van der Waals surface area contributed by atoms with Crippen molar-refractivity contribution in [2.24, 2.45) is 0 Å². The molecule has 0 heterocycles. The summed E-state index contributed by atoms with van der Waals surface area (Å²) in [5.41, 5.74) is 6.52. The second-order valence-electron chi connectivity index (χ2n) is 4.06. The lowest BCUT2D eigenvalue weighted by atomic mass is 10.1. The van der Waals surface area contributed by atoms with Gasteiger partial charge in [0.25, 0.3) is 0 Å². The van der Waals surface area contributed by atoms with E-state index in [1.807, 2.05) is 0 Å². The predicted octanol–water partition coefficient (Wildman–Crippen LogP) is 4.50. The molecule has 100 valence electrons. The molecule has 0 bridgehead atoms. The fraction of sp³-hybridized carbons (Fsp3) is 0.0769. The molecule has 6 heteroatoms. The van der Waals surface area contributed by atoms with Crippen LogP contribution in [0.3, 0.4) is 0 Å². The molecule has 0 atom stereocenters. The van der Waals surface area contributed by atoms with E-state index in [2.05, 4.69) is 21.2 Å².